The Morgan fingerprint density at radius 2 is 1.73 bits per heavy atom. The van der Waals surface area contributed by atoms with Crippen LogP contribution in [0.25, 0.3) is 10.4 Å². The first kappa shape index (κ1) is 28.0. The molecule has 0 saturated heterocycles. The van der Waals surface area contributed by atoms with E-state index in [-0.39, 0.29) is 17.2 Å². The third-order valence-electron chi connectivity index (χ3n) is 5.87. The molecule has 0 spiro atoms. The van der Waals surface area contributed by atoms with Gasteiger partial charge in [-0.15, -0.1) is 11.3 Å². The fraction of sp³-hybridized carbons (Fsp3) is 0.357. The molecule has 2 amide bonds. The molecule has 37 heavy (non-hydrogen) atoms. The lowest BCUT2D eigenvalue weighted by Gasteiger charge is -2.30. The second-order valence-corrected chi connectivity index (χ2v) is 10.8. The number of nitrogens with one attached hydrogen (secondary N) is 2. The minimum atomic E-state index is -0.989. The predicted octanol–water partition coefficient (Wildman–Crippen LogP) is 4.69. The van der Waals surface area contributed by atoms with E-state index in [0.29, 0.717) is 11.3 Å². The van der Waals surface area contributed by atoms with Crippen molar-refractivity contribution >= 4 is 29.1 Å². The van der Waals surface area contributed by atoms with E-state index in [9.17, 15) is 18.8 Å². The Hall–Kier alpha value is -3.59. The van der Waals surface area contributed by atoms with E-state index in [1.807, 2.05) is 45.0 Å². The Morgan fingerprint density at radius 1 is 1.08 bits per heavy atom. The molecule has 0 saturated carbocycles. The molecule has 0 aliphatic carbocycles. The zero-order valence-corrected chi connectivity index (χ0v) is 22.4. The number of aromatic nitrogens is 1. The lowest BCUT2D eigenvalue weighted by molar-refractivity contribution is -0.145. The number of carbonyl (C=O) groups is 3. The van der Waals surface area contributed by atoms with Crippen molar-refractivity contribution in [2.75, 3.05) is 7.11 Å². The topological polar surface area (TPSA) is 97.4 Å². The largest absolute Gasteiger partial charge is 0.469 e. The fourth-order valence-corrected chi connectivity index (χ4v) is 4.73. The molecule has 0 bridgehead atoms. The van der Waals surface area contributed by atoms with Crippen LogP contribution in [0.5, 0.6) is 0 Å². The number of nitrogens with zero attached hydrogens (tertiary/aromatic N) is 1. The number of esters is 1. The van der Waals surface area contributed by atoms with Gasteiger partial charge in [0.15, 0.2) is 5.01 Å². The number of thiazole rings is 1. The van der Waals surface area contributed by atoms with Gasteiger partial charge in [0, 0.05) is 11.7 Å². The number of methoxy groups -OCH3 is 1. The molecule has 1 heterocycles. The van der Waals surface area contributed by atoms with E-state index in [1.54, 1.807) is 19.1 Å². The average molecular weight is 526 g/mol. The van der Waals surface area contributed by atoms with E-state index in [4.69, 9.17) is 4.74 Å². The molecule has 1 aromatic heterocycles. The summed E-state index contributed by atoms with van der Waals surface area (Å²) >= 11 is 1.13. The second-order valence-electron chi connectivity index (χ2n) is 9.76. The third kappa shape index (κ3) is 7.95. The smallest absolute Gasteiger partial charge is 0.308 e. The number of rotatable bonds is 10. The van der Waals surface area contributed by atoms with E-state index in [1.165, 1.54) is 25.4 Å². The summed E-state index contributed by atoms with van der Waals surface area (Å²) in [7, 11) is 1.28. The van der Waals surface area contributed by atoms with Crippen LogP contribution in [0.15, 0.2) is 54.7 Å². The quantitative estimate of drug-likeness (QED) is 0.374. The van der Waals surface area contributed by atoms with Crippen LogP contribution in [0.1, 0.15) is 48.1 Å². The standard InChI is InChI=1S/C28H32FN3O4S/c1-17-6-8-19(9-7-17)15-28(3,4)32-24(33)22(14-18(2)27(35)36-5)31-25(34)26-30-16-23(37-26)20-10-12-21(29)13-11-20/h6-13,16,18,22H,14-15H2,1-5H3,(H,31,34)(H,32,33). The first-order valence-electron chi connectivity index (χ1n) is 12.0. The zero-order chi connectivity index (χ0) is 27.2. The molecule has 3 aromatic rings. The molecule has 196 valence electrons. The van der Waals surface area contributed by atoms with E-state index >= 15 is 0 Å². The van der Waals surface area contributed by atoms with E-state index in [0.717, 1.165) is 28.0 Å². The summed E-state index contributed by atoms with van der Waals surface area (Å²) in [5, 5.41) is 5.91. The molecule has 0 aliphatic rings. The number of aryl methyl sites for hydroxylation is 1. The molecule has 0 aliphatic heterocycles. The van der Waals surface area contributed by atoms with Crippen LogP contribution in [-0.4, -0.2) is 41.5 Å². The predicted molar refractivity (Wildman–Crippen MR) is 142 cm³/mol. The van der Waals surface area contributed by atoms with Gasteiger partial charge in [-0.1, -0.05) is 48.9 Å². The molecule has 2 N–H and O–H groups in total. The maximum absolute atomic E-state index is 13.3. The Kier molecular flexibility index (Phi) is 9.15. The Morgan fingerprint density at radius 3 is 2.35 bits per heavy atom. The average Bonchev–Trinajstić information content (AvgIpc) is 3.35. The van der Waals surface area contributed by atoms with Crippen molar-refractivity contribution in [1.29, 1.82) is 0 Å². The Labute approximate surface area is 220 Å². The lowest BCUT2D eigenvalue weighted by atomic mass is 9.93. The van der Waals surface area contributed by atoms with Gasteiger partial charge in [-0.2, -0.15) is 0 Å². The summed E-state index contributed by atoms with van der Waals surface area (Å²) in [5.41, 5.74) is 2.33. The molecular weight excluding hydrogens is 493 g/mol. The Bertz CT molecular complexity index is 1240. The highest BCUT2D eigenvalue weighted by Crippen LogP contribution is 2.26. The maximum Gasteiger partial charge on any atom is 0.308 e. The molecule has 0 fully saturated rings. The van der Waals surface area contributed by atoms with Crippen LogP contribution >= 0.6 is 11.3 Å². The monoisotopic (exact) mass is 525 g/mol. The molecule has 0 radical (unpaired) electrons. The van der Waals surface area contributed by atoms with Crippen LogP contribution < -0.4 is 10.6 Å². The summed E-state index contributed by atoms with van der Waals surface area (Å²) in [6.45, 7) is 7.47. The third-order valence-corrected chi connectivity index (χ3v) is 6.92. The Balaban J connectivity index is 1.75. The molecule has 2 aromatic carbocycles. The number of amides is 2. The van der Waals surface area contributed by atoms with Crippen molar-refractivity contribution in [2.24, 2.45) is 5.92 Å². The van der Waals surface area contributed by atoms with Gasteiger partial charge in [-0.25, -0.2) is 9.37 Å². The summed E-state index contributed by atoms with van der Waals surface area (Å²) in [6.07, 6.45) is 2.17. The maximum atomic E-state index is 13.3. The first-order chi connectivity index (χ1) is 17.5. The first-order valence-corrected chi connectivity index (χ1v) is 12.8. The van der Waals surface area contributed by atoms with Gasteiger partial charge in [0.25, 0.3) is 5.91 Å². The van der Waals surface area contributed by atoms with Crippen LogP contribution in [0.4, 0.5) is 4.39 Å². The number of halogens is 1. The van der Waals surface area contributed by atoms with Gasteiger partial charge in [0.05, 0.1) is 17.9 Å². The van der Waals surface area contributed by atoms with Crippen LogP contribution in [-0.2, 0) is 20.7 Å². The van der Waals surface area contributed by atoms with Crippen molar-refractivity contribution in [3.05, 3.63) is 76.7 Å². The summed E-state index contributed by atoms with van der Waals surface area (Å²) in [5.74, 6) is -2.39. The SMILES string of the molecule is COC(=O)C(C)CC(NC(=O)c1ncc(-c2ccc(F)cc2)s1)C(=O)NC(C)(C)Cc1ccc(C)cc1. The minimum absolute atomic E-state index is 0.0566. The van der Waals surface area contributed by atoms with Gasteiger partial charge in [0.2, 0.25) is 5.91 Å². The van der Waals surface area contributed by atoms with E-state index < -0.39 is 35.3 Å². The van der Waals surface area contributed by atoms with Crippen LogP contribution in [0, 0.1) is 18.7 Å². The van der Waals surface area contributed by atoms with Crippen molar-refractivity contribution < 1.29 is 23.5 Å². The van der Waals surface area contributed by atoms with E-state index in [2.05, 4.69) is 15.6 Å². The van der Waals surface area contributed by atoms with Gasteiger partial charge < -0.3 is 15.4 Å². The van der Waals surface area contributed by atoms with Crippen molar-refractivity contribution in [3.8, 4) is 10.4 Å². The van der Waals surface area contributed by atoms with Gasteiger partial charge in [0.1, 0.15) is 11.9 Å². The molecule has 7 nitrogen and oxygen atoms in total. The summed E-state index contributed by atoms with van der Waals surface area (Å²) < 4.78 is 18.1. The fourth-order valence-electron chi connectivity index (χ4n) is 3.91. The van der Waals surface area contributed by atoms with Crippen LogP contribution in [0.2, 0.25) is 0 Å². The van der Waals surface area contributed by atoms with Crippen molar-refractivity contribution in [2.45, 2.75) is 52.1 Å². The number of hydrogen-bond acceptors (Lipinski definition) is 6. The van der Waals surface area contributed by atoms with Gasteiger partial charge in [-0.05, 0) is 56.9 Å². The number of ether oxygens (including phenoxy) is 1. The van der Waals surface area contributed by atoms with Crippen molar-refractivity contribution in [3.63, 3.8) is 0 Å². The molecule has 2 atom stereocenters. The highest BCUT2D eigenvalue weighted by atomic mass is 32.1. The van der Waals surface area contributed by atoms with Crippen molar-refractivity contribution in [1.82, 2.24) is 15.6 Å². The number of carbonyl (C=O) groups excluding carboxylic acids is 3. The molecular formula is C28H32FN3O4S. The molecule has 9 heteroatoms. The van der Waals surface area contributed by atoms with Gasteiger partial charge in [-0.3, -0.25) is 14.4 Å². The normalized spacial score (nSPS) is 12.9. The second kappa shape index (κ2) is 12.1. The molecule has 2 unspecified atom stereocenters. The highest BCUT2D eigenvalue weighted by Gasteiger charge is 2.31. The zero-order valence-electron chi connectivity index (χ0n) is 21.6. The number of hydrogen-bond donors (Lipinski definition) is 2. The summed E-state index contributed by atoms with van der Waals surface area (Å²) in [4.78, 5) is 43.3. The van der Waals surface area contributed by atoms with Gasteiger partial charge >= 0.3 is 5.97 Å². The lowest BCUT2D eigenvalue weighted by Crippen LogP contribution is -2.54. The minimum Gasteiger partial charge on any atom is -0.469 e. The highest BCUT2D eigenvalue weighted by molar-refractivity contribution is 7.17. The summed E-state index contributed by atoms with van der Waals surface area (Å²) in [6, 6.07) is 13.0. The number of benzene rings is 2. The molecule has 3 rings (SSSR count). The van der Waals surface area contributed by atoms with Crippen LogP contribution in [0.3, 0.4) is 0 Å².